The molecular weight excluding hydrogens is 378 g/mol. The third-order valence-electron chi connectivity index (χ3n) is 2.27. The first-order valence-electron chi connectivity index (χ1n) is 4.68. The van der Waals surface area contributed by atoms with Crippen molar-refractivity contribution in [2.24, 2.45) is 0 Å². The number of rotatable bonds is 5. The van der Waals surface area contributed by atoms with E-state index in [2.05, 4.69) is 36.6 Å². The quantitative estimate of drug-likeness (QED) is 0.783. The van der Waals surface area contributed by atoms with E-state index in [4.69, 9.17) is 0 Å². The summed E-state index contributed by atoms with van der Waals surface area (Å²) in [6, 6.07) is 3.33. The predicted octanol–water partition coefficient (Wildman–Crippen LogP) is 3.35. The molecule has 0 aliphatic rings. The van der Waals surface area contributed by atoms with Crippen molar-refractivity contribution in [3.05, 3.63) is 15.9 Å². The van der Waals surface area contributed by atoms with Crippen LogP contribution in [0.5, 0.6) is 0 Å². The number of hydrogen-bond donors (Lipinski definition) is 1. The second-order valence-corrected chi connectivity index (χ2v) is 8.64. The minimum Gasteiger partial charge on any atom is -0.206 e. The fourth-order valence-electron chi connectivity index (χ4n) is 1.01. The molecule has 0 amide bonds. The first-order valence-corrected chi connectivity index (χ1v) is 8.90. The first-order chi connectivity index (χ1) is 7.33. The number of thiophene rings is 1. The van der Waals surface area contributed by atoms with Crippen molar-refractivity contribution in [3.8, 4) is 0 Å². The van der Waals surface area contributed by atoms with Crippen molar-refractivity contribution in [1.29, 1.82) is 0 Å². The van der Waals surface area contributed by atoms with Gasteiger partial charge in [0.05, 0.1) is 3.79 Å². The van der Waals surface area contributed by atoms with Gasteiger partial charge in [-0.15, -0.1) is 11.3 Å². The van der Waals surface area contributed by atoms with Gasteiger partial charge in [-0.25, -0.2) is 13.1 Å². The lowest BCUT2D eigenvalue weighted by molar-refractivity contribution is 0.450. The third-order valence-corrected chi connectivity index (χ3v) is 7.26. The Morgan fingerprint density at radius 3 is 2.50 bits per heavy atom. The van der Waals surface area contributed by atoms with E-state index in [9.17, 15) is 8.42 Å². The van der Waals surface area contributed by atoms with Crippen LogP contribution in [0.4, 0.5) is 0 Å². The molecule has 0 saturated heterocycles. The van der Waals surface area contributed by atoms with Crippen LogP contribution in [0.3, 0.4) is 0 Å². The molecule has 0 aliphatic heterocycles. The topological polar surface area (TPSA) is 46.2 Å². The van der Waals surface area contributed by atoms with E-state index in [-0.39, 0.29) is 0 Å². The Labute approximate surface area is 117 Å². The van der Waals surface area contributed by atoms with Crippen molar-refractivity contribution >= 4 is 53.2 Å². The Morgan fingerprint density at radius 2 is 2.12 bits per heavy atom. The maximum absolute atomic E-state index is 12.0. The maximum atomic E-state index is 12.0. The lowest BCUT2D eigenvalue weighted by atomic mass is 10.0. The van der Waals surface area contributed by atoms with Gasteiger partial charge in [0.1, 0.15) is 4.21 Å². The van der Waals surface area contributed by atoms with Crippen LogP contribution in [0, 0.1) is 0 Å². The van der Waals surface area contributed by atoms with Gasteiger partial charge in [0.2, 0.25) is 0 Å². The summed E-state index contributed by atoms with van der Waals surface area (Å²) >= 11 is 7.79. The number of sulfonamides is 1. The van der Waals surface area contributed by atoms with Crippen molar-refractivity contribution in [2.75, 3.05) is 5.33 Å². The molecule has 1 atom stereocenters. The summed E-state index contributed by atoms with van der Waals surface area (Å²) in [7, 11) is -3.41. The third kappa shape index (κ3) is 3.53. The van der Waals surface area contributed by atoms with Gasteiger partial charge in [-0.2, -0.15) is 0 Å². The zero-order valence-corrected chi connectivity index (χ0v) is 13.8. The Hall–Kier alpha value is 0.570. The SMILES string of the molecule is CCC(C)(CBr)NS(=O)(=O)c1ccc(Br)s1. The molecule has 0 fully saturated rings. The summed E-state index contributed by atoms with van der Waals surface area (Å²) in [6.45, 7) is 3.83. The molecule has 1 rings (SSSR count). The first kappa shape index (κ1) is 14.6. The smallest absolute Gasteiger partial charge is 0.206 e. The van der Waals surface area contributed by atoms with Crippen molar-refractivity contribution in [3.63, 3.8) is 0 Å². The molecule has 7 heteroatoms. The monoisotopic (exact) mass is 389 g/mol. The zero-order chi connectivity index (χ0) is 12.4. The Balaban J connectivity index is 2.96. The summed E-state index contributed by atoms with van der Waals surface area (Å²) in [4.78, 5) is 0. The molecule has 0 saturated carbocycles. The minimum atomic E-state index is -3.41. The molecule has 1 N–H and O–H groups in total. The fourth-order valence-corrected chi connectivity index (χ4v) is 5.22. The summed E-state index contributed by atoms with van der Waals surface area (Å²) < 4.78 is 27.9. The van der Waals surface area contributed by atoms with E-state index in [1.807, 2.05) is 13.8 Å². The van der Waals surface area contributed by atoms with Crippen LogP contribution in [0.15, 0.2) is 20.1 Å². The number of alkyl halides is 1. The summed E-state index contributed by atoms with van der Waals surface area (Å²) in [6.07, 6.45) is 0.726. The fraction of sp³-hybridized carbons (Fsp3) is 0.556. The van der Waals surface area contributed by atoms with Gasteiger partial charge in [-0.05, 0) is 41.4 Å². The highest BCUT2D eigenvalue weighted by atomic mass is 79.9. The number of hydrogen-bond acceptors (Lipinski definition) is 3. The minimum absolute atomic E-state index is 0.333. The molecule has 1 aromatic heterocycles. The second kappa shape index (κ2) is 5.48. The molecule has 1 heterocycles. The van der Waals surface area contributed by atoms with E-state index in [1.54, 1.807) is 12.1 Å². The van der Waals surface area contributed by atoms with Crippen LogP contribution in [-0.2, 0) is 10.0 Å². The van der Waals surface area contributed by atoms with Gasteiger partial charge in [0, 0.05) is 10.9 Å². The van der Waals surface area contributed by atoms with Crippen LogP contribution in [0.2, 0.25) is 0 Å². The Kier molecular flexibility index (Phi) is 5.01. The standard InChI is InChI=1S/C9H13Br2NO2S2/c1-3-9(2,6-10)12-16(13,14)8-5-4-7(11)15-8/h4-5,12H,3,6H2,1-2H3. The number of halogens is 2. The van der Waals surface area contributed by atoms with Crippen LogP contribution < -0.4 is 4.72 Å². The summed E-state index contributed by atoms with van der Waals surface area (Å²) in [5.74, 6) is 0. The normalized spacial score (nSPS) is 16.0. The maximum Gasteiger partial charge on any atom is 0.250 e. The van der Waals surface area contributed by atoms with Crippen LogP contribution in [0.1, 0.15) is 20.3 Å². The van der Waals surface area contributed by atoms with E-state index < -0.39 is 15.6 Å². The highest BCUT2D eigenvalue weighted by Gasteiger charge is 2.28. The lowest BCUT2D eigenvalue weighted by Gasteiger charge is -2.26. The van der Waals surface area contributed by atoms with E-state index in [0.717, 1.165) is 10.2 Å². The highest BCUT2D eigenvalue weighted by molar-refractivity contribution is 9.11. The molecule has 0 aromatic carbocycles. The van der Waals surface area contributed by atoms with Gasteiger partial charge in [-0.1, -0.05) is 22.9 Å². The molecule has 0 bridgehead atoms. The average Bonchev–Trinajstić information content (AvgIpc) is 2.65. The van der Waals surface area contributed by atoms with Gasteiger partial charge in [0.25, 0.3) is 10.0 Å². The Morgan fingerprint density at radius 1 is 1.50 bits per heavy atom. The zero-order valence-electron chi connectivity index (χ0n) is 8.96. The van der Waals surface area contributed by atoms with Gasteiger partial charge in [0.15, 0.2) is 0 Å². The van der Waals surface area contributed by atoms with Crippen LogP contribution >= 0.6 is 43.2 Å². The highest BCUT2D eigenvalue weighted by Crippen LogP contribution is 2.27. The van der Waals surface area contributed by atoms with Crippen LogP contribution in [0.25, 0.3) is 0 Å². The molecule has 0 spiro atoms. The largest absolute Gasteiger partial charge is 0.250 e. The second-order valence-electron chi connectivity index (χ2n) is 3.71. The molecular formula is C9H13Br2NO2S2. The van der Waals surface area contributed by atoms with Gasteiger partial charge in [-0.3, -0.25) is 0 Å². The Bertz CT molecular complexity index is 452. The molecule has 1 aromatic rings. The van der Waals surface area contributed by atoms with E-state index in [0.29, 0.717) is 9.54 Å². The lowest BCUT2D eigenvalue weighted by Crippen LogP contribution is -2.46. The predicted molar refractivity (Wildman–Crippen MR) is 74.8 cm³/mol. The van der Waals surface area contributed by atoms with Crippen molar-refractivity contribution in [1.82, 2.24) is 4.72 Å². The van der Waals surface area contributed by atoms with E-state index >= 15 is 0 Å². The van der Waals surface area contributed by atoms with E-state index in [1.165, 1.54) is 11.3 Å². The summed E-state index contributed by atoms with van der Waals surface area (Å²) in [5, 5.41) is 0.586. The average molecular weight is 391 g/mol. The summed E-state index contributed by atoms with van der Waals surface area (Å²) in [5.41, 5.74) is -0.449. The molecule has 0 radical (unpaired) electrons. The molecule has 1 unspecified atom stereocenters. The number of nitrogens with one attached hydrogen (secondary N) is 1. The van der Waals surface area contributed by atoms with Gasteiger partial charge >= 0.3 is 0 Å². The van der Waals surface area contributed by atoms with Gasteiger partial charge < -0.3 is 0 Å². The van der Waals surface area contributed by atoms with Crippen LogP contribution in [-0.4, -0.2) is 19.3 Å². The van der Waals surface area contributed by atoms with Crippen molar-refractivity contribution in [2.45, 2.75) is 30.0 Å². The molecule has 0 aliphatic carbocycles. The van der Waals surface area contributed by atoms with Crippen molar-refractivity contribution < 1.29 is 8.42 Å². The molecule has 92 valence electrons. The molecule has 16 heavy (non-hydrogen) atoms. The molecule has 3 nitrogen and oxygen atoms in total.